The number of aromatic amines is 1. The van der Waals surface area contributed by atoms with Crippen LogP contribution < -0.4 is 16.7 Å². The Hall–Kier alpha value is -2.65. The minimum atomic E-state index is -0.722. The molecule has 0 radical (unpaired) electrons. The van der Waals surface area contributed by atoms with E-state index < -0.39 is 6.04 Å². The molecule has 3 aromatic rings. The third-order valence-corrected chi connectivity index (χ3v) is 11.7. The van der Waals surface area contributed by atoms with Crippen LogP contribution in [-0.4, -0.2) is 113 Å². The van der Waals surface area contributed by atoms with Gasteiger partial charge in [0.2, 0.25) is 5.91 Å². The number of nitrogens with zero attached hydrogens (tertiary/aromatic N) is 5. The lowest BCUT2D eigenvalue weighted by Crippen LogP contribution is -2.59. The van der Waals surface area contributed by atoms with Crippen molar-refractivity contribution in [1.82, 2.24) is 34.5 Å². The summed E-state index contributed by atoms with van der Waals surface area (Å²) in [5.41, 5.74) is 9.37. The Morgan fingerprint density at radius 3 is 2.26 bits per heavy atom. The van der Waals surface area contributed by atoms with Crippen LogP contribution in [0.2, 0.25) is 0 Å². The predicted molar refractivity (Wildman–Crippen MR) is 189 cm³/mol. The molecule has 6 rings (SSSR count). The van der Waals surface area contributed by atoms with E-state index in [0.717, 1.165) is 64.8 Å². The number of hydrogen-bond donors (Lipinski definition) is 3. The molecule has 0 bridgehead atoms. The second kappa shape index (κ2) is 14.6. The monoisotopic (exact) mass is 776 g/mol. The van der Waals surface area contributed by atoms with Gasteiger partial charge >= 0.3 is 11.7 Å². The van der Waals surface area contributed by atoms with Crippen LogP contribution in [0.25, 0.3) is 11.3 Å². The van der Waals surface area contributed by atoms with Crippen molar-refractivity contribution in [3.8, 4) is 11.3 Å². The van der Waals surface area contributed by atoms with E-state index in [4.69, 9.17) is 5.73 Å². The largest absolute Gasteiger partial charge is 0.397 e. The summed E-state index contributed by atoms with van der Waals surface area (Å²) in [6, 6.07) is 5.41. The summed E-state index contributed by atoms with van der Waals surface area (Å²) in [5, 5.41) is 7.13. The molecule has 2 aromatic heterocycles. The van der Waals surface area contributed by atoms with Gasteiger partial charge in [-0.1, -0.05) is 0 Å². The van der Waals surface area contributed by atoms with Crippen molar-refractivity contribution in [2.45, 2.75) is 50.2 Å². The lowest BCUT2D eigenvalue weighted by molar-refractivity contribution is -0.135. The first-order chi connectivity index (χ1) is 22.2. The Balaban J connectivity index is 1.12. The number of piperidine rings is 2. The number of halogens is 2. The topological polar surface area (TPSA) is 123 Å². The van der Waals surface area contributed by atoms with E-state index in [0.29, 0.717) is 57.2 Å². The summed E-state index contributed by atoms with van der Waals surface area (Å²) in [7, 11) is 2.17. The first kappa shape index (κ1) is 33.3. The van der Waals surface area contributed by atoms with Crippen LogP contribution in [-0.2, 0) is 11.2 Å². The van der Waals surface area contributed by atoms with Gasteiger partial charge in [-0.15, -0.1) is 0 Å². The highest BCUT2D eigenvalue weighted by atomic mass is 79.9. The van der Waals surface area contributed by atoms with E-state index in [1.54, 1.807) is 22.4 Å². The van der Waals surface area contributed by atoms with Gasteiger partial charge in [0.25, 0.3) is 0 Å². The zero-order chi connectivity index (χ0) is 32.4. The number of anilines is 1. The highest BCUT2D eigenvalue weighted by Gasteiger charge is 2.34. The highest BCUT2D eigenvalue weighted by molar-refractivity contribution is 9.11. The number of benzene rings is 1. The van der Waals surface area contributed by atoms with Crippen LogP contribution >= 0.6 is 43.2 Å². The van der Waals surface area contributed by atoms with E-state index in [-0.39, 0.29) is 23.7 Å². The summed E-state index contributed by atoms with van der Waals surface area (Å²) in [5.74, 6) is -0.0605. The molecule has 3 aliphatic rings. The Morgan fingerprint density at radius 2 is 1.63 bits per heavy atom. The van der Waals surface area contributed by atoms with E-state index in [9.17, 15) is 14.4 Å². The van der Waals surface area contributed by atoms with E-state index >= 15 is 0 Å². The number of carbonyl (C=O) groups excluding carboxylic acids is 2. The minimum absolute atomic E-state index is 0.0135. The lowest BCUT2D eigenvalue weighted by Gasteiger charge is -2.43. The number of nitrogens with two attached hydrogens (primary N) is 1. The van der Waals surface area contributed by atoms with E-state index in [1.807, 2.05) is 38.4 Å². The fraction of sp³-hybridized carbons (Fsp3) is 0.531. The molecule has 11 nitrogen and oxygen atoms in total. The second-order valence-electron chi connectivity index (χ2n) is 12.7. The fourth-order valence-electron chi connectivity index (χ4n) is 7.02. The van der Waals surface area contributed by atoms with Gasteiger partial charge in [0.1, 0.15) is 6.04 Å². The van der Waals surface area contributed by atoms with E-state index in [2.05, 4.69) is 59.0 Å². The van der Waals surface area contributed by atoms with E-state index in [1.165, 1.54) is 0 Å². The molecule has 3 fully saturated rings. The molecule has 0 unspecified atom stereocenters. The van der Waals surface area contributed by atoms with Crippen LogP contribution in [0.5, 0.6) is 0 Å². The molecule has 3 amide bonds. The van der Waals surface area contributed by atoms with Crippen molar-refractivity contribution in [2.75, 3.05) is 65.1 Å². The first-order valence-electron chi connectivity index (χ1n) is 16.0. The predicted octanol–water partition coefficient (Wildman–Crippen LogP) is 4.21. The van der Waals surface area contributed by atoms with Gasteiger partial charge in [-0.2, -0.15) is 11.3 Å². The Labute approximate surface area is 290 Å². The lowest BCUT2D eigenvalue weighted by atomic mass is 10.0. The van der Waals surface area contributed by atoms with Crippen molar-refractivity contribution >= 4 is 60.8 Å². The van der Waals surface area contributed by atoms with Crippen LogP contribution in [0.4, 0.5) is 10.5 Å². The smallest absolute Gasteiger partial charge is 0.326 e. The third-order valence-electron chi connectivity index (χ3n) is 9.75. The molecule has 14 heteroatoms. The molecule has 46 heavy (non-hydrogen) atoms. The normalized spacial score (nSPS) is 19.8. The van der Waals surface area contributed by atoms with Gasteiger partial charge in [0, 0.05) is 83.9 Å². The van der Waals surface area contributed by atoms with Gasteiger partial charge in [-0.3, -0.25) is 14.3 Å². The number of urea groups is 1. The Bertz CT molecular complexity index is 1550. The number of carbonyl (C=O) groups is 2. The Kier molecular flexibility index (Phi) is 10.6. The van der Waals surface area contributed by atoms with Crippen molar-refractivity contribution in [1.29, 1.82) is 0 Å². The molecule has 248 valence electrons. The first-order valence-corrected chi connectivity index (χ1v) is 18.5. The molecule has 0 saturated carbocycles. The number of likely N-dealkylation sites (tertiary alicyclic amines) is 2. The number of hydrogen-bond acceptors (Lipinski definition) is 7. The SMILES string of the molecule is CN1CCC(N2CCN(C(=O)[C@@H](Cc3cc(Br)c(N)c(Br)c3)NC(=O)N3CCC(n4c(-c5ccsc5)c[nH]c4=O)CC3)CC2)CC1. The molecular weight excluding hydrogens is 736 g/mol. The quantitative estimate of drug-likeness (QED) is 0.310. The van der Waals surface area contributed by atoms with Crippen LogP contribution in [0.1, 0.15) is 37.3 Å². The van der Waals surface area contributed by atoms with Crippen LogP contribution in [0, 0.1) is 0 Å². The number of thiophene rings is 1. The molecule has 0 spiro atoms. The van der Waals surface area contributed by atoms with Gasteiger partial charge in [-0.25, -0.2) is 9.59 Å². The van der Waals surface area contributed by atoms with Crippen molar-refractivity contribution in [2.24, 2.45) is 0 Å². The number of piperazine rings is 1. The zero-order valence-electron chi connectivity index (χ0n) is 26.1. The van der Waals surface area contributed by atoms with Crippen molar-refractivity contribution in [3.63, 3.8) is 0 Å². The summed E-state index contributed by atoms with van der Waals surface area (Å²) >= 11 is 8.65. The Morgan fingerprint density at radius 1 is 0.978 bits per heavy atom. The molecular formula is C32H42Br2N8O3S. The van der Waals surface area contributed by atoms with Crippen molar-refractivity contribution in [3.05, 3.63) is 60.1 Å². The number of amides is 3. The third kappa shape index (κ3) is 7.40. The molecule has 0 aliphatic carbocycles. The maximum absolute atomic E-state index is 14.1. The number of nitrogen functional groups attached to an aromatic ring is 1. The number of H-pyrrole nitrogens is 1. The second-order valence-corrected chi connectivity index (χ2v) is 15.1. The van der Waals surface area contributed by atoms with Gasteiger partial charge < -0.3 is 30.7 Å². The molecule has 1 aromatic carbocycles. The number of rotatable bonds is 7. The molecule has 3 aliphatic heterocycles. The van der Waals surface area contributed by atoms with Gasteiger partial charge in [0.05, 0.1) is 11.4 Å². The van der Waals surface area contributed by atoms with Gasteiger partial charge in [0.15, 0.2) is 0 Å². The standard InChI is InChI=1S/C32H42Br2N8O3S/c1-38-7-2-23(3-8-38)39-11-13-40(14-12-39)30(43)27(18-21-16-25(33)29(35)26(34)17-21)37-32(45)41-9-4-24(5-10-41)42-28(19-36-31(42)44)22-6-15-46-20-22/h6,15-17,19-20,23-24,27H,2-5,7-14,18,35H2,1H3,(H,36,44)(H,37,45)/t27-/m1/s1. The average Bonchev–Trinajstić information content (AvgIpc) is 3.73. The molecule has 3 saturated heterocycles. The number of aromatic nitrogens is 2. The maximum atomic E-state index is 14.1. The highest BCUT2D eigenvalue weighted by Crippen LogP contribution is 2.31. The fourth-order valence-corrected chi connectivity index (χ4v) is 8.95. The number of imidazole rings is 1. The molecule has 5 heterocycles. The number of nitrogens with one attached hydrogen (secondary N) is 2. The van der Waals surface area contributed by atoms with Gasteiger partial charge in [-0.05, 0) is 107 Å². The zero-order valence-corrected chi connectivity index (χ0v) is 30.1. The average molecular weight is 779 g/mol. The molecule has 1 atom stereocenters. The van der Waals surface area contributed by atoms with Crippen LogP contribution in [0.3, 0.4) is 0 Å². The van der Waals surface area contributed by atoms with Crippen LogP contribution in [0.15, 0.2) is 48.9 Å². The minimum Gasteiger partial charge on any atom is -0.397 e. The summed E-state index contributed by atoms with van der Waals surface area (Å²) < 4.78 is 3.31. The van der Waals surface area contributed by atoms with Crippen molar-refractivity contribution < 1.29 is 9.59 Å². The maximum Gasteiger partial charge on any atom is 0.326 e. The molecule has 4 N–H and O–H groups in total. The summed E-state index contributed by atoms with van der Waals surface area (Å²) in [6.07, 6.45) is 5.73. The summed E-state index contributed by atoms with van der Waals surface area (Å²) in [6.45, 7) is 6.20. The summed E-state index contributed by atoms with van der Waals surface area (Å²) in [4.78, 5) is 51.9.